The van der Waals surface area contributed by atoms with Crippen LogP contribution in [0.5, 0.6) is 17.4 Å². The first kappa shape index (κ1) is 14.3. The number of carbonyl (C=O) groups is 4. The number of esters is 3. The number of pyridine rings is 1. The van der Waals surface area contributed by atoms with Crippen molar-refractivity contribution in [2.24, 2.45) is 0 Å². The third-order valence-corrected chi connectivity index (χ3v) is 2.57. The predicted molar refractivity (Wildman–Crippen MR) is 67.5 cm³/mol. The maximum absolute atomic E-state index is 12.2. The lowest BCUT2D eigenvalue weighted by atomic mass is 10.4. The molecule has 0 atom stereocenters. The van der Waals surface area contributed by atoms with E-state index in [9.17, 15) is 24.0 Å². The first-order valence-corrected chi connectivity index (χ1v) is 5.97. The van der Waals surface area contributed by atoms with E-state index in [-0.39, 0.29) is 0 Å². The highest BCUT2D eigenvalue weighted by atomic mass is 16.7. The highest BCUT2D eigenvalue weighted by Crippen LogP contribution is 2.27. The van der Waals surface area contributed by atoms with Gasteiger partial charge < -0.3 is 19.0 Å². The van der Waals surface area contributed by atoms with E-state index in [1.807, 2.05) is 0 Å². The van der Waals surface area contributed by atoms with Gasteiger partial charge in [0.05, 0.1) is 6.20 Å². The molecule has 0 radical (unpaired) electrons. The van der Waals surface area contributed by atoms with Gasteiger partial charge in [0.1, 0.15) is 0 Å². The van der Waals surface area contributed by atoms with Crippen LogP contribution in [-0.2, 0) is 19.2 Å². The van der Waals surface area contributed by atoms with E-state index in [2.05, 4.69) is 0 Å². The van der Waals surface area contributed by atoms with Gasteiger partial charge in [-0.2, -0.15) is 0 Å². The lowest BCUT2D eigenvalue weighted by Gasteiger charge is -2.16. The number of hydrogen-bond acceptors (Lipinski definition) is 9. The van der Waals surface area contributed by atoms with Gasteiger partial charge in [0.25, 0.3) is 11.3 Å². The Morgan fingerprint density at radius 3 is 1.96 bits per heavy atom. The van der Waals surface area contributed by atoms with E-state index in [1.54, 1.807) is 0 Å². The number of ether oxygens (including phenoxy) is 3. The number of carbonyl (C=O) groups excluding carboxylic acids is 4. The molecule has 2 aliphatic heterocycles. The van der Waals surface area contributed by atoms with Crippen molar-refractivity contribution in [2.75, 3.05) is 0 Å². The van der Waals surface area contributed by atoms with Gasteiger partial charge in [-0.3, -0.25) is 4.79 Å². The summed E-state index contributed by atoms with van der Waals surface area (Å²) in [7, 11) is 0. The number of fused-ring (bicyclic) bond motifs is 4. The number of hydrogen-bond donors (Lipinski definition) is 0. The maximum Gasteiger partial charge on any atom is 0.356 e. The highest BCUT2D eigenvalue weighted by molar-refractivity contribution is 5.95. The van der Waals surface area contributed by atoms with Crippen molar-refractivity contribution < 1.29 is 38.2 Å². The Morgan fingerprint density at radius 2 is 1.26 bits per heavy atom. The molecule has 0 N–H and O–H groups in total. The van der Waals surface area contributed by atoms with Crippen LogP contribution in [0.15, 0.2) is 35.3 Å². The third kappa shape index (κ3) is 2.72. The lowest BCUT2D eigenvalue weighted by molar-refractivity contribution is -0.143. The fourth-order valence-electron chi connectivity index (χ4n) is 1.66. The second-order valence-electron chi connectivity index (χ2n) is 4.12. The average Bonchev–Trinajstić information content (AvgIpc) is 2.52. The van der Waals surface area contributed by atoms with Crippen LogP contribution < -0.4 is 24.5 Å². The van der Waals surface area contributed by atoms with Crippen LogP contribution in [-0.4, -0.2) is 28.6 Å². The van der Waals surface area contributed by atoms with Crippen molar-refractivity contribution in [3.8, 4) is 17.4 Å². The summed E-state index contributed by atoms with van der Waals surface area (Å²) in [5.41, 5.74) is -1.05. The van der Waals surface area contributed by atoms with Gasteiger partial charge in [-0.05, 0) is 0 Å². The second kappa shape index (κ2) is 5.26. The number of aromatic nitrogens is 1. The average molecular weight is 319 g/mol. The fraction of sp³-hybridized carbons (Fsp3) is 0. The van der Waals surface area contributed by atoms with Crippen LogP contribution in [0.4, 0.5) is 0 Å². The Balaban J connectivity index is 2.25. The Morgan fingerprint density at radius 1 is 0.696 bits per heavy atom. The van der Waals surface area contributed by atoms with Gasteiger partial charge in [-0.15, -0.1) is 4.73 Å². The highest BCUT2D eigenvalue weighted by Gasteiger charge is 2.28. The van der Waals surface area contributed by atoms with Crippen LogP contribution in [0.2, 0.25) is 0 Å². The van der Waals surface area contributed by atoms with Gasteiger partial charge in [-0.1, -0.05) is 0 Å². The standard InChI is InChI=1S/C13H5NO9/c15-7-1-2-8(16)21-12-11(19)6(20-7)5-14-13(12)22-9(17)3-4-10(18)23-14/h1-5H. The summed E-state index contributed by atoms with van der Waals surface area (Å²) in [6, 6.07) is 0. The molecule has 3 rings (SSSR count). The molecule has 0 spiro atoms. The number of rotatable bonds is 0. The van der Waals surface area contributed by atoms with Crippen molar-refractivity contribution >= 4 is 23.9 Å². The first-order valence-electron chi connectivity index (χ1n) is 5.97. The molecule has 10 nitrogen and oxygen atoms in total. The minimum Gasteiger partial charge on any atom is -0.417 e. The summed E-state index contributed by atoms with van der Waals surface area (Å²) in [5.74, 6) is -6.13. The quantitative estimate of drug-likeness (QED) is 0.534. The van der Waals surface area contributed by atoms with E-state index in [4.69, 9.17) is 19.0 Å². The lowest BCUT2D eigenvalue weighted by Crippen LogP contribution is -2.28. The van der Waals surface area contributed by atoms with Crippen LogP contribution in [0.3, 0.4) is 0 Å². The summed E-state index contributed by atoms with van der Waals surface area (Å²) in [5, 5.41) is 0. The molecule has 10 heteroatoms. The van der Waals surface area contributed by atoms with Crippen LogP contribution in [0.25, 0.3) is 0 Å². The molecule has 2 aliphatic rings. The van der Waals surface area contributed by atoms with E-state index in [0.717, 1.165) is 24.4 Å². The third-order valence-electron chi connectivity index (χ3n) is 2.57. The Kier molecular flexibility index (Phi) is 3.26. The Bertz CT molecular complexity index is 874. The van der Waals surface area contributed by atoms with Crippen molar-refractivity contribution in [1.29, 1.82) is 0 Å². The second-order valence-corrected chi connectivity index (χ2v) is 4.12. The molecule has 3 heterocycles. The molecule has 1 aromatic heterocycles. The van der Waals surface area contributed by atoms with Crippen LogP contribution in [0, 0.1) is 0 Å². The van der Waals surface area contributed by atoms with E-state index in [1.165, 1.54) is 0 Å². The minimum atomic E-state index is -1.10. The SMILES string of the molecule is O=C1C=CC(=O)Oc2c3n(cc(c2=O)O1)OC(=O)C=CC(=O)O3. The number of nitrogens with zero attached hydrogens (tertiary/aromatic N) is 1. The first-order chi connectivity index (χ1) is 10.9. The minimum absolute atomic E-state index is 0.543. The molecule has 0 aromatic carbocycles. The summed E-state index contributed by atoms with van der Waals surface area (Å²) < 4.78 is 14.8. The molecule has 0 amide bonds. The smallest absolute Gasteiger partial charge is 0.356 e. The fourth-order valence-corrected chi connectivity index (χ4v) is 1.66. The van der Waals surface area contributed by atoms with Gasteiger partial charge in [0.15, 0.2) is 0 Å². The summed E-state index contributed by atoms with van der Waals surface area (Å²) >= 11 is 0. The molecular formula is C13H5NO9. The topological polar surface area (TPSA) is 127 Å². The van der Waals surface area contributed by atoms with Gasteiger partial charge >= 0.3 is 23.9 Å². The van der Waals surface area contributed by atoms with Crippen LogP contribution >= 0.6 is 0 Å². The van der Waals surface area contributed by atoms with E-state index in [0.29, 0.717) is 10.8 Å². The van der Waals surface area contributed by atoms with Gasteiger partial charge in [0.2, 0.25) is 11.5 Å². The van der Waals surface area contributed by atoms with Crippen molar-refractivity contribution in [3.63, 3.8) is 0 Å². The molecule has 0 aliphatic carbocycles. The molecule has 1 aromatic rings. The summed E-state index contributed by atoms with van der Waals surface area (Å²) in [4.78, 5) is 62.9. The molecule has 0 saturated heterocycles. The maximum atomic E-state index is 12.2. The van der Waals surface area contributed by atoms with Crippen LogP contribution in [0.1, 0.15) is 0 Å². The van der Waals surface area contributed by atoms with Gasteiger partial charge in [-0.25, -0.2) is 19.2 Å². The van der Waals surface area contributed by atoms with Gasteiger partial charge in [0, 0.05) is 24.3 Å². The van der Waals surface area contributed by atoms with E-state index < -0.39 is 46.7 Å². The monoisotopic (exact) mass is 319 g/mol. The molecule has 23 heavy (non-hydrogen) atoms. The molecule has 0 saturated carbocycles. The summed E-state index contributed by atoms with van der Waals surface area (Å²) in [6.45, 7) is 0. The zero-order valence-electron chi connectivity index (χ0n) is 11.0. The largest absolute Gasteiger partial charge is 0.417 e. The Hall–Kier alpha value is -3.69. The van der Waals surface area contributed by atoms with Crippen molar-refractivity contribution in [1.82, 2.24) is 4.73 Å². The normalized spacial score (nSPS) is 16.5. The Labute approximate surface area is 126 Å². The van der Waals surface area contributed by atoms with Crippen molar-refractivity contribution in [2.45, 2.75) is 0 Å². The molecule has 116 valence electrons. The molecular weight excluding hydrogens is 314 g/mol. The summed E-state index contributed by atoms with van der Waals surface area (Å²) in [6.07, 6.45) is 3.79. The zero-order chi connectivity index (χ0) is 16.6. The van der Waals surface area contributed by atoms with E-state index >= 15 is 0 Å². The predicted octanol–water partition coefficient (Wildman–Crippen LogP) is -1.34. The molecule has 2 bridgehead atoms. The zero-order valence-corrected chi connectivity index (χ0v) is 11.0. The molecule has 0 unspecified atom stereocenters. The molecule has 0 fully saturated rings. The van der Waals surface area contributed by atoms with Crippen molar-refractivity contribution in [3.05, 3.63) is 40.7 Å².